The van der Waals surface area contributed by atoms with E-state index < -0.39 is 4.92 Å². The van der Waals surface area contributed by atoms with Gasteiger partial charge in [0.05, 0.1) is 11.0 Å². The molecule has 1 unspecified atom stereocenters. The molecule has 1 fully saturated rings. The van der Waals surface area contributed by atoms with Crippen LogP contribution in [0.5, 0.6) is 5.88 Å². The van der Waals surface area contributed by atoms with Crippen LogP contribution in [0.4, 0.5) is 5.69 Å². The van der Waals surface area contributed by atoms with Crippen molar-refractivity contribution in [1.29, 1.82) is 0 Å². The predicted octanol–water partition coefficient (Wildman–Crippen LogP) is 2.70. The lowest BCUT2D eigenvalue weighted by molar-refractivity contribution is -0.386. The second-order valence-electron chi connectivity index (χ2n) is 4.03. The Morgan fingerprint density at radius 1 is 1.61 bits per heavy atom. The van der Waals surface area contributed by atoms with E-state index in [0.717, 1.165) is 25.9 Å². The minimum Gasteiger partial charge on any atom is -0.470 e. The molecule has 1 aromatic heterocycles. The molecule has 2 rings (SSSR count). The highest BCUT2D eigenvalue weighted by molar-refractivity contribution is 9.10. The van der Waals surface area contributed by atoms with Crippen molar-refractivity contribution < 1.29 is 14.4 Å². The molecule has 0 amide bonds. The summed E-state index contributed by atoms with van der Waals surface area (Å²) in [6, 6.07) is 1.38. The third-order valence-electron chi connectivity index (χ3n) is 2.68. The van der Waals surface area contributed by atoms with Crippen molar-refractivity contribution in [2.45, 2.75) is 25.4 Å². The van der Waals surface area contributed by atoms with E-state index >= 15 is 0 Å². The van der Waals surface area contributed by atoms with E-state index in [4.69, 9.17) is 9.47 Å². The van der Waals surface area contributed by atoms with E-state index in [1.54, 1.807) is 0 Å². The number of rotatable bonds is 4. The standard InChI is InChI=1S/C11H13BrN2O4/c12-8-5-10(14(15)16)11(13-6-8)18-7-9-3-1-2-4-17-9/h5-6,9H,1-4,7H2. The number of pyridine rings is 1. The van der Waals surface area contributed by atoms with Crippen LogP contribution >= 0.6 is 15.9 Å². The van der Waals surface area contributed by atoms with E-state index in [-0.39, 0.29) is 17.7 Å². The second kappa shape index (κ2) is 6.10. The monoisotopic (exact) mass is 316 g/mol. The summed E-state index contributed by atoms with van der Waals surface area (Å²) >= 11 is 3.15. The van der Waals surface area contributed by atoms with Crippen molar-refractivity contribution >= 4 is 21.6 Å². The molecule has 18 heavy (non-hydrogen) atoms. The SMILES string of the molecule is O=[N+]([O-])c1cc(Br)cnc1OCC1CCCCO1. The first kappa shape index (κ1) is 13.2. The van der Waals surface area contributed by atoms with E-state index in [0.29, 0.717) is 11.1 Å². The summed E-state index contributed by atoms with van der Waals surface area (Å²) in [5.74, 6) is 0.0392. The third-order valence-corrected chi connectivity index (χ3v) is 3.11. The summed E-state index contributed by atoms with van der Waals surface area (Å²) in [7, 11) is 0. The molecule has 0 aromatic carbocycles. The first-order chi connectivity index (χ1) is 8.66. The molecule has 1 aliphatic rings. The van der Waals surface area contributed by atoms with Gasteiger partial charge >= 0.3 is 5.69 Å². The Morgan fingerprint density at radius 2 is 2.44 bits per heavy atom. The number of nitrogens with zero attached hydrogens (tertiary/aromatic N) is 2. The van der Waals surface area contributed by atoms with Crippen molar-refractivity contribution in [3.05, 3.63) is 26.9 Å². The Morgan fingerprint density at radius 3 is 3.11 bits per heavy atom. The Labute approximate surface area is 113 Å². The van der Waals surface area contributed by atoms with Crippen LogP contribution < -0.4 is 4.74 Å². The second-order valence-corrected chi connectivity index (χ2v) is 4.95. The minimum absolute atomic E-state index is 0.00352. The summed E-state index contributed by atoms with van der Waals surface area (Å²) < 4.78 is 11.4. The zero-order valence-electron chi connectivity index (χ0n) is 9.67. The zero-order valence-corrected chi connectivity index (χ0v) is 11.3. The van der Waals surface area contributed by atoms with Gasteiger partial charge in [0, 0.05) is 23.3 Å². The Balaban J connectivity index is 2.01. The smallest absolute Gasteiger partial charge is 0.332 e. The van der Waals surface area contributed by atoms with E-state index in [1.165, 1.54) is 12.3 Å². The number of nitro groups is 1. The van der Waals surface area contributed by atoms with Crippen LogP contribution in [0.3, 0.4) is 0 Å². The number of aromatic nitrogens is 1. The van der Waals surface area contributed by atoms with Crippen LogP contribution in [0.1, 0.15) is 19.3 Å². The fourth-order valence-corrected chi connectivity index (χ4v) is 2.09. The topological polar surface area (TPSA) is 74.5 Å². The van der Waals surface area contributed by atoms with Gasteiger partial charge in [-0.2, -0.15) is 0 Å². The molecule has 0 spiro atoms. The molecule has 0 N–H and O–H groups in total. The number of ether oxygens (including phenoxy) is 2. The van der Waals surface area contributed by atoms with Gasteiger partial charge in [-0.3, -0.25) is 10.1 Å². The van der Waals surface area contributed by atoms with Crippen LogP contribution in [-0.2, 0) is 4.74 Å². The Bertz CT molecular complexity index is 435. The molecule has 0 radical (unpaired) electrons. The number of halogens is 1. The van der Waals surface area contributed by atoms with Gasteiger partial charge < -0.3 is 9.47 Å². The largest absolute Gasteiger partial charge is 0.470 e. The van der Waals surface area contributed by atoms with Crippen LogP contribution in [0.25, 0.3) is 0 Å². The highest BCUT2D eigenvalue weighted by Gasteiger charge is 2.20. The predicted molar refractivity (Wildman–Crippen MR) is 67.7 cm³/mol. The maximum Gasteiger partial charge on any atom is 0.332 e. The molecule has 0 aliphatic carbocycles. The lowest BCUT2D eigenvalue weighted by Gasteiger charge is -2.22. The molecule has 1 saturated heterocycles. The lowest BCUT2D eigenvalue weighted by Crippen LogP contribution is -2.26. The number of hydrogen-bond acceptors (Lipinski definition) is 5. The van der Waals surface area contributed by atoms with Gasteiger partial charge in [-0.25, -0.2) is 4.98 Å². The summed E-state index contributed by atoms with van der Waals surface area (Å²) in [4.78, 5) is 14.3. The molecule has 1 aromatic rings. The van der Waals surface area contributed by atoms with Gasteiger partial charge in [0.1, 0.15) is 6.61 Å². The van der Waals surface area contributed by atoms with Crippen molar-refractivity contribution in [2.75, 3.05) is 13.2 Å². The fraction of sp³-hybridized carbons (Fsp3) is 0.545. The molecule has 1 aliphatic heterocycles. The van der Waals surface area contributed by atoms with E-state index in [1.807, 2.05) is 0 Å². The normalized spacial score (nSPS) is 19.5. The Kier molecular flexibility index (Phi) is 4.48. The molecule has 98 valence electrons. The van der Waals surface area contributed by atoms with Crippen LogP contribution in [0.15, 0.2) is 16.7 Å². The van der Waals surface area contributed by atoms with Crippen LogP contribution in [-0.4, -0.2) is 29.2 Å². The van der Waals surface area contributed by atoms with Gasteiger partial charge in [-0.15, -0.1) is 0 Å². The van der Waals surface area contributed by atoms with Gasteiger partial charge in [-0.05, 0) is 35.2 Å². The highest BCUT2D eigenvalue weighted by atomic mass is 79.9. The molecular formula is C11H13BrN2O4. The summed E-state index contributed by atoms with van der Waals surface area (Å²) in [5.41, 5.74) is -0.139. The average molecular weight is 317 g/mol. The van der Waals surface area contributed by atoms with Gasteiger partial charge in [0.15, 0.2) is 0 Å². The van der Waals surface area contributed by atoms with Crippen molar-refractivity contribution in [1.82, 2.24) is 4.98 Å². The summed E-state index contributed by atoms with van der Waals surface area (Å²) in [5, 5.41) is 10.9. The van der Waals surface area contributed by atoms with Gasteiger partial charge in [0.2, 0.25) is 0 Å². The molecule has 0 saturated carbocycles. The first-order valence-electron chi connectivity index (χ1n) is 5.71. The van der Waals surface area contributed by atoms with E-state index in [2.05, 4.69) is 20.9 Å². The average Bonchev–Trinajstić information content (AvgIpc) is 2.38. The molecule has 6 nitrogen and oxygen atoms in total. The van der Waals surface area contributed by atoms with Crippen molar-refractivity contribution in [3.8, 4) is 5.88 Å². The van der Waals surface area contributed by atoms with Crippen molar-refractivity contribution in [3.63, 3.8) is 0 Å². The molecule has 7 heteroatoms. The quantitative estimate of drug-likeness (QED) is 0.630. The maximum atomic E-state index is 10.9. The minimum atomic E-state index is -0.505. The molecular weight excluding hydrogens is 304 g/mol. The number of hydrogen-bond donors (Lipinski definition) is 0. The van der Waals surface area contributed by atoms with Crippen molar-refractivity contribution in [2.24, 2.45) is 0 Å². The molecule has 1 atom stereocenters. The molecule has 2 heterocycles. The lowest BCUT2D eigenvalue weighted by atomic mass is 10.1. The summed E-state index contributed by atoms with van der Waals surface area (Å²) in [6.07, 6.45) is 4.56. The van der Waals surface area contributed by atoms with Gasteiger partial charge in [0.25, 0.3) is 5.88 Å². The fourth-order valence-electron chi connectivity index (χ4n) is 1.77. The first-order valence-corrected chi connectivity index (χ1v) is 6.50. The van der Waals surface area contributed by atoms with Gasteiger partial charge in [-0.1, -0.05) is 0 Å². The van der Waals surface area contributed by atoms with Crippen LogP contribution in [0.2, 0.25) is 0 Å². The van der Waals surface area contributed by atoms with Crippen LogP contribution in [0, 0.1) is 10.1 Å². The zero-order chi connectivity index (χ0) is 13.0. The Hall–Kier alpha value is -1.21. The highest BCUT2D eigenvalue weighted by Crippen LogP contribution is 2.27. The third kappa shape index (κ3) is 3.39. The maximum absolute atomic E-state index is 10.9. The summed E-state index contributed by atoms with van der Waals surface area (Å²) in [6.45, 7) is 1.03. The van der Waals surface area contributed by atoms with E-state index in [9.17, 15) is 10.1 Å². The molecule has 0 bridgehead atoms.